The van der Waals surface area contributed by atoms with E-state index in [4.69, 9.17) is 5.73 Å². The molecule has 0 aliphatic carbocycles. The molecular formula is C14H20N2O3. The minimum Gasteiger partial charge on any atom is -0.467 e. The van der Waals surface area contributed by atoms with Gasteiger partial charge in [0.05, 0.1) is 7.11 Å². The second-order valence-electron chi connectivity index (χ2n) is 4.27. The zero-order chi connectivity index (χ0) is 14.3. The van der Waals surface area contributed by atoms with Crippen molar-refractivity contribution in [3.05, 3.63) is 35.9 Å². The Hall–Kier alpha value is -1.88. The predicted molar refractivity (Wildman–Crippen MR) is 72.2 cm³/mol. The van der Waals surface area contributed by atoms with E-state index in [-0.39, 0.29) is 18.4 Å². The van der Waals surface area contributed by atoms with Crippen molar-refractivity contribution < 1.29 is 14.3 Å². The number of ether oxygens (including phenoxy) is 1. The Labute approximate surface area is 113 Å². The molecule has 19 heavy (non-hydrogen) atoms. The number of amides is 1. The number of hydrogen-bond acceptors (Lipinski definition) is 4. The molecule has 0 aliphatic heterocycles. The molecule has 0 aliphatic rings. The van der Waals surface area contributed by atoms with Crippen molar-refractivity contribution in [2.75, 3.05) is 7.11 Å². The largest absolute Gasteiger partial charge is 0.467 e. The first-order chi connectivity index (χ1) is 9.08. The van der Waals surface area contributed by atoms with Crippen molar-refractivity contribution in [2.45, 2.75) is 31.8 Å². The molecule has 1 rings (SSSR count). The van der Waals surface area contributed by atoms with Crippen LogP contribution in [0, 0.1) is 0 Å². The van der Waals surface area contributed by atoms with Crippen LogP contribution < -0.4 is 11.1 Å². The number of carbonyl (C=O) groups is 2. The Balaban J connectivity index is 2.53. The molecule has 0 bridgehead atoms. The first-order valence-corrected chi connectivity index (χ1v) is 6.26. The summed E-state index contributed by atoms with van der Waals surface area (Å²) in [5, 5.41) is 2.62. The smallest absolute Gasteiger partial charge is 0.328 e. The van der Waals surface area contributed by atoms with Crippen LogP contribution in [0.1, 0.15) is 31.4 Å². The Morgan fingerprint density at radius 3 is 2.47 bits per heavy atom. The Morgan fingerprint density at radius 2 is 1.95 bits per heavy atom. The normalized spacial score (nSPS) is 13.4. The Kier molecular flexibility index (Phi) is 6.02. The van der Waals surface area contributed by atoms with E-state index < -0.39 is 12.0 Å². The standard InChI is InChI=1S/C14H20N2O3/c1-3-12(14(18)19-2)16-13(17)9-11(15)10-7-5-4-6-8-10/h4-8,11-12H,3,9,15H2,1-2H3,(H,16,17). The fraction of sp³-hybridized carbons (Fsp3) is 0.429. The number of rotatable bonds is 6. The molecule has 0 spiro atoms. The zero-order valence-electron chi connectivity index (χ0n) is 11.3. The van der Waals surface area contributed by atoms with Crippen LogP contribution in [0.5, 0.6) is 0 Å². The van der Waals surface area contributed by atoms with Crippen LogP contribution in [0.4, 0.5) is 0 Å². The van der Waals surface area contributed by atoms with Crippen LogP contribution in [-0.4, -0.2) is 25.0 Å². The van der Waals surface area contributed by atoms with Crippen molar-refractivity contribution in [1.82, 2.24) is 5.32 Å². The van der Waals surface area contributed by atoms with E-state index in [1.165, 1.54) is 7.11 Å². The first kappa shape index (κ1) is 15.2. The van der Waals surface area contributed by atoms with Crippen molar-refractivity contribution in [1.29, 1.82) is 0 Å². The molecule has 1 aromatic rings. The summed E-state index contributed by atoms with van der Waals surface area (Å²) in [6, 6.07) is 8.38. The molecule has 1 aromatic carbocycles. The van der Waals surface area contributed by atoms with E-state index in [0.29, 0.717) is 6.42 Å². The van der Waals surface area contributed by atoms with E-state index in [0.717, 1.165) is 5.56 Å². The molecule has 3 N–H and O–H groups in total. The molecule has 1 amide bonds. The van der Waals surface area contributed by atoms with Crippen LogP contribution in [0.3, 0.4) is 0 Å². The molecule has 0 heterocycles. The summed E-state index contributed by atoms with van der Waals surface area (Å²) >= 11 is 0. The third-order valence-corrected chi connectivity index (χ3v) is 2.86. The number of nitrogens with two attached hydrogens (primary N) is 1. The van der Waals surface area contributed by atoms with Gasteiger partial charge in [0.25, 0.3) is 0 Å². The third-order valence-electron chi connectivity index (χ3n) is 2.86. The Bertz CT molecular complexity index is 420. The summed E-state index contributed by atoms with van der Waals surface area (Å²) in [7, 11) is 1.30. The number of carbonyl (C=O) groups excluding carboxylic acids is 2. The number of methoxy groups -OCH3 is 1. The second-order valence-corrected chi connectivity index (χ2v) is 4.27. The van der Waals surface area contributed by atoms with E-state index >= 15 is 0 Å². The molecule has 0 saturated carbocycles. The summed E-state index contributed by atoms with van der Waals surface area (Å²) in [5.74, 6) is -0.697. The summed E-state index contributed by atoms with van der Waals surface area (Å²) in [5.41, 5.74) is 6.84. The minimum absolute atomic E-state index is 0.136. The van der Waals surface area contributed by atoms with Gasteiger partial charge in [-0.25, -0.2) is 4.79 Å². The molecule has 2 atom stereocenters. The lowest BCUT2D eigenvalue weighted by atomic mass is 10.0. The summed E-state index contributed by atoms with van der Waals surface area (Å²) in [6.45, 7) is 1.80. The maximum absolute atomic E-state index is 11.8. The average molecular weight is 264 g/mol. The summed E-state index contributed by atoms with van der Waals surface area (Å²) in [6.07, 6.45) is 0.622. The Morgan fingerprint density at radius 1 is 1.32 bits per heavy atom. The second kappa shape index (κ2) is 7.53. The lowest BCUT2D eigenvalue weighted by Gasteiger charge is -2.16. The van der Waals surface area contributed by atoms with Gasteiger partial charge in [-0.1, -0.05) is 37.3 Å². The van der Waals surface area contributed by atoms with E-state index in [1.54, 1.807) is 6.92 Å². The van der Waals surface area contributed by atoms with Crippen molar-refractivity contribution in [3.63, 3.8) is 0 Å². The molecule has 2 unspecified atom stereocenters. The zero-order valence-corrected chi connectivity index (χ0v) is 11.3. The molecule has 104 valence electrons. The molecular weight excluding hydrogens is 244 g/mol. The van der Waals surface area contributed by atoms with Gasteiger partial charge in [0.2, 0.25) is 5.91 Å². The van der Waals surface area contributed by atoms with Crippen LogP contribution >= 0.6 is 0 Å². The van der Waals surface area contributed by atoms with Crippen molar-refractivity contribution in [3.8, 4) is 0 Å². The topological polar surface area (TPSA) is 81.4 Å². The first-order valence-electron chi connectivity index (χ1n) is 6.26. The quantitative estimate of drug-likeness (QED) is 0.755. The fourth-order valence-electron chi connectivity index (χ4n) is 1.74. The summed E-state index contributed by atoms with van der Waals surface area (Å²) in [4.78, 5) is 23.2. The fourth-order valence-corrected chi connectivity index (χ4v) is 1.74. The highest BCUT2D eigenvalue weighted by Gasteiger charge is 2.20. The lowest BCUT2D eigenvalue weighted by Crippen LogP contribution is -2.41. The molecule has 0 saturated heterocycles. The highest BCUT2D eigenvalue weighted by atomic mass is 16.5. The highest BCUT2D eigenvalue weighted by Crippen LogP contribution is 2.13. The number of benzene rings is 1. The van der Waals surface area contributed by atoms with E-state index in [1.807, 2.05) is 30.3 Å². The van der Waals surface area contributed by atoms with Gasteiger partial charge in [0, 0.05) is 12.5 Å². The maximum atomic E-state index is 11.8. The van der Waals surface area contributed by atoms with Crippen LogP contribution in [0.15, 0.2) is 30.3 Å². The highest BCUT2D eigenvalue weighted by molar-refractivity contribution is 5.84. The van der Waals surface area contributed by atoms with Crippen molar-refractivity contribution >= 4 is 11.9 Å². The van der Waals surface area contributed by atoms with Crippen LogP contribution in [-0.2, 0) is 14.3 Å². The average Bonchev–Trinajstić information content (AvgIpc) is 2.44. The summed E-state index contributed by atoms with van der Waals surface area (Å²) < 4.78 is 4.61. The van der Waals surface area contributed by atoms with Gasteiger partial charge in [-0.2, -0.15) is 0 Å². The molecule has 5 nitrogen and oxygen atoms in total. The lowest BCUT2D eigenvalue weighted by molar-refractivity contribution is -0.145. The van der Waals surface area contributed by atoms with Gasteiger partial charge in [-0.05, 0) is 12.0 Å². The van der Waals surface area contributed by atoms with Gasteiger partial charge in [-0.15, -0.1) is 0 Å². The van der Waals surface area contributed by atoms with Gasteiger partial charge >= 0.3 is 5.97 Å². The molecule has 0 aromatic heterocycles. The van der Waals surface area contributed by atoms with Crippen LogP contribution in [0.2, 0.25) is 0 Å². The number of hydrogen-bond donors (Lipinski definition) is 2. The van der Waals surface area contributed by atoms with E-state index in [9.17, 15) is 9.59 Å². The monoisotopic (exact) mass is 264 g/mol. The molecule has 0 fully saturated rings. The predicted octanol–water partition coefficient (Wildman–Crippen LogP) is 1.14. The molecule has 0 radical (unpaired) electrons. The number of nitrogens with one attached hydrogen (secondary N) is 1. The van der Waals surface area contributed by atoms with Gasteiger partial charge in [0.15, 0.2) is 0 Å². The number of esters is 1. The van der Waals surface area contributed by atoms with Crippen LogP contribution in [0.25, 0.3) is 0 Å². The van der Waals surface area contributed by atoms with Gasteiger partial charge in [0.1, 0.15) is 6.04 Å². The van der Waals surface area contributed by atoms with Gasteiger partial charge in [-0.3, -0.25) is 4.79 Å². The minimum atomic E-state index is -0.611. The SMILES string of the molecule is CCC(NC(=O)CC(N)c1ccccc1)C(=O)OC. The van der Waals surface area contributed by atoms with E-state index in [2.05, 4.69) is 10.1 Å². The molecule has 5 heteroatoms. The van der Waals surface area contributed by atoms with Crippen molar-refractivity contribution in [2.24, 2.45) is 5.73 Å². The van der Waals surface area contributed by atoms with Gasteiger partial charge < -0.3 is 15.8 Å². The maximum Gasteiger partial charge on any atom is 0.328 e. The third kappa shape index (κ3) is 4.71.